The van der Waals surface area contributed by atoms with Crippen molar-refractivity contribution in [1.29, 1.82) is 0 Å². The highest BCUT2D eigenvalue weighted by Gasteiger charge is 2.46. The first-order valence-corrected chi connectivity index (χ1v) is 24.3. The van der Waals surface area contributed by atoms with Gasteiger partial charge in [0.25, 0.3) is 0 Å². The fraction of sp³-hybridized carbons (Fsp3) is 0.886. The van der Waals surface area contributed by atoms with Gasteiger partial charge in [0.2, 0.25) is 23.6 Å². The van der Waals surface area contributed by atoms with E-state index in [4.69, 9.17) is 28.4 Å². The number of unbranched alkanes of at least 4 members (excludes halogenated alkanes) is 5. The van der Waals surface area contributed by atoms with Crippen molar-refractivity contribution in [1.82, 2.24) is 20.9 Å². The molecule has 0 saturated carbocycles. The number of hydrogen-bond donors (Lipinski definition) is 15. The number of carbonyl (C=O) groups excluding carboxylic acids is 5. The number of nitrogens with zero attached hydrogens (tertiary/aromatic N) is 1. The molecule has 0 aromatic rings. The molecule has 0 aromatic heterocycles. The first-order chi connectivity index (χ1) is 33.9. The zero-order valence-corrected chi connectivity index (χ0v) is 40.1. The molecule has 412 valence electrons. The molecule has 15 N–H and O–H groups in total. The Morgan fingerprint density at radius 3 is 1.41 bits per heavy atom. The lowest BCUT2D eigenvalue weighted by Crippen LogP contribution is -2.59. The van der Waals surface area contributed by atoms with Gasteiger partial charge < -0.3 is 111 Å². The lowest BCUT2D eigenvalue weighted by molar-refractivity contribution is -0.303. The smallest absolute Gasteiger partial charge is 0.243 e. The molecule has 27 heteroatoms. The van der Waals surface area contributed by atoms with Gasteiger partial charge in [-0.3, -0.25) is 24.0 Å². The summed E-state index contributed by atoms with van der Waals surface area (Å²) in [6.07, 6.45) is -18.8. The summed E-state index contributed by atoms with van der Waals surface area (Å²) in [6.45, 7) is -1.36. The summed E-state index contributed by atoms with van der Waals surface area (Å²) in [5.74, 6) is -2.05. The van der Waals surface area contributed by atoms with Crippen LogP contribution in [0.15, 0.2) is 0 Å². The van der Waals surface area contributed by atoms with Gasteiger partial charge in [0.05, 0.1) is 46.1 Å². The van der Waals surface area contributed by atoms with E-state index in [0.29, 0.717) is 51.4 Å². The molecule has 3 saturated heterocycles. The molecule has 0 spiro atoms. The van der Waals surface area contributed by atoms with Crippen LogP contribution in [0.1, 0.15) is 84.0 Å². The SMILES string of the molecule is CCC(=O)CCCCCCC(=O)N[C@@H](CC(=O)NCCCCCC(=O)N(CCO[C@H]1O[C@H](CO)[C@@H](O)[C@H](O)[C@@H]1O)CCO[C@H]1O[C@H](CO)[C@@H](O)[C@H](O)[C@@H]1O)C(=O)NCCO[C@H]1O[C@H](CO)[C@@H](O)[C@H](O)[C@@H]1O. The summed E-state index contributed by atoms with van der Waals surface area (Å²) in [6, 6.07) is -1.31. The van der Waals surface area contributed by atoms with Gasteiger partial charge in [0.15, 0.2) is 18.9 Å². The number of carbonyl (C=O) groups is 5. The highest BCUT2D eigenvalue weighted by molar-refractivity contribution is 5.92. The van der Waals surface area contributed by atoms with Gasteiger partial charge in [-0.15, -0.1) is 0 Å². The number of aliphatic hydroxyl groups excluding tert-OH is 12. The largest absolute Gasteiger partial charge is 0.394 e. The quantitative estimate of drug-likeness (QED) is 0.0272. The second kappa shape index (κ2) is 32.9. The van der Waals surface area contributed by atoms with E-state index in [1.165, 1.54) is 4.90 Å². The fourth-order valence-corrected chi connectivity index (χ4v) is 7.84. The number of Topliss-reactive ketones (excluding diaryl/α,β-unsaturated/α-hetero) is 1. The van der Waals surface area contributed by atoms with E-state index >= 15 is 0 Å². The Balaban J connectivity index is 1.51. The van der Waals surface area contributed by atoms with E-state index < -0.39 is 148 Å². The van der Waals surface area contributed by atoms with Gasteiger partial charge in [0.1, 0.15) is 85.1 Å². The normalized spacial score (nSPS) is 31.4. The molecule has 27 nitrogen and oxygen atoms in total. The average Bonchev–Trinajstić information content (AvgIpc) is 3.35. The number of ketones is 1. The van der Waals surface area contributed by atoms with E-state index in [1.54, 1.807) is 6.92 Å². The molecular weight excluding hydrogens is 952 g/mol. The van der Waals surface area contributed by atoms with Crippen LogP contribution in [0.2, 0.25) is 0 Å². The van der Waals surface area contributed by atoms with Crippen molar-refractivity contribution in [3.8, 4) is 0 Å². The fourth-order valence-electron chi connectivity index (χ4n) is 7.84. The molecule has 0 unspecified atom stereocenters. The third-order valence-electron chi connectivity index (χ3n) is 12.3. The zero-order valence-electron chi connectivity index (χ0n) is 40.1. The van der Waals surface area contributed by atoms with Crippen molar-refractivity contribution in [2.45, 2.75) is 182 Å². The summed E-state index contributed by atoms with van der Waals surface area (Å²) in [5.41, 5.74) is 0. The number of aliphatic hydroxyl groups is 12. The molecule has 0 aromatic carbocycles. The first-order valence-electron chi connectivity index (χ1n) is 24.3. The highest BCUT2D eigenvalue weighted by atomic mass is 16.7. The summed E-state index contributed by atoms with van der Waals surface area (Å²) in [5, 5.41) is 128. The Labute approximate surface area is 411 Å². The third-order valence-corrected chi connectivity index (χ3v) is 12.3. The predicted octanol–water partition coefficient (Wildman–Crippen LogP) is -6.75. The van der Waals surface area contributed by atoms with Crippen LogP contribution in [0, 0.1) is 0 Å². The van der Waals surface area contributed by atoms with Crippen LogP contribution in [0.3, 0.4) is 0 Å². The topological polar surface area (TPSA) is 423 Å². The van der Waals surface area contributed by atoms with Gasteiger partial charge in [-0.25, -0.2) is 0 Å². The Bertz CT molecular complexity index is 1540. The maximum absolute atomic E-state index is 13.5. The number of nitrogens with one attached hydrogen (secondary N) is 3. The number of amides is 4. The van der Waals surface area contributed by atoms with Crippen LogP contribution < -0.4 is 16.0 Å². The van der Waals surface area contributed by atoms with E-state index in [1.807, 2.05) is 0 Å². The molecule has 3 aliphatic heterocycles. The van der Waals surface area contributed by atoms with Gasteiger partial charge in [-0.05, 0) is 25.7 Å². The summed E-state index contributed by atoms with van der Waals surface area (Å²) in [7, 11) is 0. The van der Waals surface area contributed by atoms with Crippen LogP contribution >= 0.6 is 0 Å². The van der Waals surface area contributed by atoms with Crippen molar-refractivity contribution in [2.75, 3.05) is 65.8 Å². The van der Waals surface area contributed by atoms with Crippen molar-refractivity contribution in [3.63, 3.8) is 0 Å². The van der Waals surface area contributed by atoms with Gasteiger partial charge in [-0.1, -0.05) is 26.2 Å². The van der Waals surface area contributed by atoms with Crippen LogP contribution in [0.5, 0.6) is 0 Å². The van der Waals surface area contributed by atoms with Gasteiger partial charge >= 0.3 is 0 Å². The molecule has 16 atom stereocenters. The average molecular weight is 1030 g/mol. The molecule has 0 radical (unpaired) electrons. The minimum Gasteiger partial charge on any atom is -0.394 e. The standard InChI is InChI=1S/C44H78N4O23/c1-2-24(52)10-6-3-4-7-11-29(53)47-25(41(65)46-14-17-66-42-38(62)35(59)32(56)26(21-49)69-42)20-30(54)45-13-9-5-8-12-31(55)48(15-18-67-43-39(63)36(60)33(57)27(22-50)70-43)16-19-68-44-40(64)37(61)34(58)28(23-51)71-44/h25-28,32-40,42-44,49-51,56-64H,2-23H2,1H3,(H,45,54)(H,46,65)(H,47,53)/t25-,26+,27+,28+,32+,33+,34+,35-,36-,37-,38-,39-,40-,42-,43-,44-/m0/s1. The second-order valence-corrected chi connectivity index (χ2v) is 17.7. The summed E-state index contributed by atoms with van der Waals surface area (Å²) in [4.78, 5) is 65.6. The monoisotopic (exact) mass is 1030 g/mol. The number of ether oxygens (including phenoxy) is 6. The Hall–Kier alpha value is -3.17. The van der Waals surface area contributed by atoms with Crippen LogP contribution in [0.4, 0.5) is 0 Å². The Morgan fingerprint density at radius 1 is 0.507 bits per heavy atom. The number of hydrogen-bond acceptors (Lipinski definition) is 23. The number of rotatable bonds is 33. The third kappa shape index (κ3) is 20.2. The Kier molecular flexibility index (Phi) is 28.8. The minimum atomic E-state index is -1.70. The van der Waals surface area contributed by atoms with Crippen LogP contribution in [-0.4, -0.2) is 260 Å². The maximum atomic E-state index is 13.5. The van der Waals surface area contributed by atoms with Crippen molar-refractivity contribution in [3.05, 3.63) is 0 Å². The van der Waals surface area contributed by atoms with Crippen molar-refractivity contribution in [2.24, 2.45) is 0 Å². The molecule has 3 aliphatic rings. The molecule has 71 heavy (non-hydrogen) atoms. The molecular formula is C44H78N4O23. The molecule has 4 amide bonds. The van der Waals surface area contributed by atoms with Gasteiger partial charge in [-0.2, -0.15) is 0 Å². The molecule has 3 rings (SSSR count). The van der Waals surface area contributed by atoms with E-state index in [0.717, 1.165) is 6.42 Å². The second-order valence-electron chi connectivity index (χ2n) is 17.7. The molecule has 0 bridgehead atoms. The van der Waals surface area contributed by atoms with Crippen LogP contribution in [0.25, 0.3) is 0 Å². The summed E-state index contributed by atoms with van der Waals surface area (Å²) >= 11 is 0. The first kappa shape index (κ1) is 62.1. The zero-order chi connectivity index (χ0) is 52.6. The molecule has 0 aliphatic carbocycles. The van der Waals surface area contributed by atoms with Crippen molar-refractivity contribution >= 4 is 29.4 Å². The lowest BCUT2D eigenvalue weighted by Gasteiger charge is -2.40. The maximum Gasteiger partial charge on any atom is 0.243 e. The van der Waals surface area contributed by atoms with E-state index in [2.05, 4.69) is 16.0 Å². The molecule has 3 heterocycles. The van der Waals surface area contributed by atoms with E-state index in [9.17, 15) is 85.3 Å². The van der Waals surface area contributed by atoms with E-state index in [-0.39, 0.29) is 64.6 Å². The lowest BCUT2D eigenvalue weighted by atomic mass is 9.99. The summed E-state index contributed by atoms with van der Waals surface area (Å²) < 4.78 is 32.5. The molecule has 3 fully saturated rings. The predicted molar refractivity (Wildman–Crippen MR) is 240 cm³/mol. The highest BCUT2D eigenvalue weighted by Crippen LogP contribution is 2.24. The minimum absolute atomic E-state index is 0.0146. The van der Waals surface area contributed by atoms with Crippen LogP contribution in [-0.2, 0) is 52.4 Å². The Morgan fingerprint density at radius 2 is 0.944 bits per heavy atom. The van der Waals surface area contributed by atoms with Crippen molar-refractivity contribution < 1.29 is 114 Å². The van der Waals surface area contributed by atoms with Gasteiger partial charge in [0, 0.05) is 51.9 Å².